The molecule has 2 aromatic heterocycles. The third-order valence-corrected chi connectivity index (χ3v) is 4.02. The Morgan fingerprint density at radius 3 is 2.89 bits per heavy atom. The molecule has 0 aromatic carbocycles. The van der Waals surface area contributed by atoms with Crippen LogP contribution in [0.5, 0.6) is 0 Å². The molecule has 1 N–H and O–H groups in total. The predicted molar refractivity (Wildman–Crippen MR) is 76.8 cm³/mol. The van der Waals surface area contributed by atoms with E-state index in [0.717, 1.165) is 10.9 Å². The van der Waals surface area contributed by atoms with Crippen molar-refractivity contribution in [3.63, 3.8) is 0 Å². The second-order valence-corrected chi connectivity index (χ2v) is 5.71. The molecule has 18 heavy (non-hydrogen) atoms. The number of halogens is 1. The topological polar surface area (TPSA) is 42.0 Å². The van der Waals surface area contributed by atoms with Crippen LogP contribution in [0.1, 0.15) is 34.8 Å². The van der Waals surface area contributed by atoms with Gasteiger partial charge in [-0.15, -0.1) is 11.3 Å². The zero-order chi connectivity index (χ0) is 13.0. The molecule has 1 unspecified atom stereocenters. The normalized spacial score (nSPS) is 12.1. The molecular weight excluding hydrogens is 312 g/mol. The van der Waals surface area contributed by atoms with Crippen molar-refractivity contribution >= 4 is 33.2 Å². The number of hydrogen-bond acceptors (Lipinski definition) is 3. The molecule has 94 valence electrons. The van der Waals surface area contributed by atoms with Gasteiger partial charge < -0.3 is 5.32 Å². The first-order valence-electron chi connectivity index (χ1n) is 5.66. The van der Waals surface area contributed by atoms with E-state index in [-0.39, 0.29) is 11.9 Å². The number of aromatic nitrogens is 1. The average molecular weight is 325 g/mol. The van der Waals surface area contributed by atoms with E-state index in [0.29, 0.717) is 5.69 Å². The van der Waals surface area contributed by atoms with Gasteiger partial charge in [0.15, 0.2) is 0 Å². The zero-order valence-electron chi connectivity index (χ0n) is 9.89. The molecule has 0 saturated carbocycles. The highest BCUT2D eigenvalue weighted by Crippen LogP contribution is 2.22. The summed E-state index contributed by atoms with van der Waals surface area (Å²) in [5.41, 5.74) is 0.438. The zero-order valence-corrected chi connectivity index (χ0v) is 12.3. The van der Waals surface area contributed by atoms with Gasteiger partial charge in [0.25, 0.3) is 5.91 Å². The summed E-state index contributed by atoms with van der Waals surface area (Å²) in [7, 11) is 0. The number of hydrogen-bond donors (Lipinski definition) is 1. The van der Waals surface area contributed by atoms with Gasteiger partial charge in [-0.25, -0.2) is 4.98 Å². The maximum atomic E-state index is 12.0. The van der Waals surface area contributed by atoms with Gasteiger partial charge in [-0.1, -0.05) is 13.0 Å². The largest absolute Gasteiger partial charge is 0.343 e. The Labute approximate surface area is 118 Å². The summed E-state index contributed by atoms with van der Waals surface area (Å²) in [6, 6.07) is 7.61. The molecule has 0 fully saturated rings. The Hall–Kier alpha value is -1.20. The van der Waals surface area contributed by atoms with Gasteiger partial charge in [-0.05, 0) is 45.9 Å². The average Bonchev–Trinajstić information content (AvgIpc) is 2.90. The summed E-state index contributed by atoms with van der Waals surface area (Å²) >= 11 is 4.95. The van der Waals surface area contributed by atoms with Crippen LogP contribution >= 0.6 is 27.3 Å². The molecule has 2 aromatic rings. The summed E-state index contributed by atoms with van der Waals surface area (Å²) in [4.78, 5) is 17.3. The summed E-state index contributed by atoms with van der Waals surface area (Å²) < 4.78 is 0.865. The SMILES string of the molecule is CCC(NC(=O)c1ccc(Br)cn1)c1cccs1. The van der Waals surface area contributed by atoms with E-state index < -0.39 is 0 Å². The quantitative estimate of drug-likeness (QED) is 0.929. The smallest absolute Gasteiger partial charge is 0.270 e. The number of carbonyl (C=O) groups is 1. The van der Waals surface area contributed by atoms with Crippen LogP contribution in [0, 0.1) is 0 Å². The van der Waals surface area contributed by atoms with E-state index in [4.69, 9.17) is 0 Å². The van der Waals surface area contributed by atoms with Crippen LogP contribution in [0.15, 0.2) is 40.3 Å². The van der Waals surface area contributed by atoms with E-state index in [2.05, 4.69) is 33.2 Å². The molecule has 5 heteroatoms. The fraction of sp³-hybridized carbons (Fsp3) is 0.231. The van der Waals surface area contributed by atoms with Gasteiger partial charge >= 0.3 is 0 Å². The van der Waals surface area contributed by atoms with Gasteiger partial charge in [0.05, 0.1) is 6.04 Å². The Morgan fingerprint density at radius 1 is 1.50 bits per heavy atom. The lowest BCUT2D eigenvalue weighted by Crippen LogP contribution is -2.28. The number of nitrogens with zero attached hydrogens (tertiary/aromatic N) is 1. The van der Waals surface area contributed by atoms with Crippen molar-refractivity contribution in [3.8, 4) is 0 Å². The number of nitrogens with one attached hydrogen (secondary N) is 1. The number of pyridine rings is 1. The molecule has 0 saturated heterocycles. The minimum absolute atomic E-state index is 0.0583. The van der Waals surface area contributed by atoms with Crippen LogP contribution in [0.25, 0.3) is 0 Å². The van der Waals surface area contributed by atoms with Crippen molar-refractivity contribution in [1.29, 1.82) is 0 Å². The third kappa shape index (κ3) is 3.17. The first-order chi connectivity index (χ1) is 8.70. The van der Waals surface area contributed by atoms with Gasteiger partial charge in [-0.2, -0.15) is 0 Å². The maximum Gasteiger partial charge on any atom is 0.270 e. The lowest BCUT2D eigenvalue weighted by atomic mass is 10.2. The molecule has 0 bridgehead atoms. The van der Waals surface area contributed by atoms with Crippen molar-refractivity contribution in [2.45, 2.75) is 19.4 Å². The molecule has 0 aliphatic carbocycles. The Balaban J connectivity index is 2.08. The highest BCUT2D eigenvalue weighted by molar-refractivity contribution is 9.10. The molecule has 0 aliphatic rings. The third-order valence-electron chi connectivity index (χ3n) is 2.56. The van der Waals surface area contributed by atoms with Gasteiger partial charge in [0, 0.05) is 15.5 Å². The highest BCUT2D eigenvalue weighted by atomic mass is 79.9. The highest BCUT2D eigenvalue weighted by Gasteiger charge is 2.15. The van der Waals surface area contributed by atoms with Crippen LogP contribution < -0.4 is 5.32 Å². The summed E-state index contributed by atoms with van der Waals surface area (Å²) in [6.07, 6.45) is 2.49. The fourth-order valence-electron chi connectivity index (χ4n) is 1.61. The van der Waals surface area contributed by atoms with Crippen molar-refractivity contribution in [3.05, 3.63) is 50.9 Å². The van der Waals surface area contributed by atoms with Crippen molar-refractivity contribution in [1.82, 2.24) is 10.3 Å². The van der Waals surface area contributed by atoms with Crippen LogP contribution in [0.2, 0.25) is 0 Å². The van der Waals surface area contributed by atoms with Crippen molar-refractivity contribution < 1.29 is 4.79 Å². The molecule has 2 rings (SSSR count). The molecule has 1 amide bonds. The minimum atomic E-state index is -0.136. The number of thiophene rings is 1. The van der Waals surface area contributed by atoms with E-state index in [1.165, 1.54) is 4.88 Å². The molecule has 2 heterocycles. The molecule has 1 atom stereocenters. The van der Waals surface area contributed by atoms with Crippen LogP contribution in [-0.4, -0.2) is 10.9 Å². The second-order valence-electron chi connectivity index (χ2n) is 3.81. The lowest BCUT2D eigenvalue weighted by Gasteiger charge is -2.15. The van der Waals surface area contributed by atoms with Crippen molar-refractivity contribution in [2.75, 3.05) is 0 Å². The van der Waals surface area contributed by atoms with Gasteiger partial charge in [-0.3, -0.25) is 4.79 Å². The first kappa shape index (κ1) is 13.2. The molecule has 0 radical (unpaired) electrons. The fourth-order valence-corrected chi connectivity index (χ4v) is 2.70. The monoisotopic (exact) mass is 324 g/mol. The number of carbonyl (C=O) groups excluding carboxylic acids is 1. The predicted octanol–water partition coefficient (Wildman–Crippen LogP) is 3.79. The lowest BCUT2D eigenvalue weighted by molar-refractivity contribution is 0.0931. The summed E-state index contributed by atoms with van der Waals surface area (Å²) in [5.74, 6) is -0.136. The Kier molecular flexibility index (Phi) is 4.49. The number of rotatable bonds is 4. The Bertz CT molecular complexity index is 510. The Morgan fingerprint density at radius 2 is 2.33 bits per heavy atom. The number of amides is 1. The van der Waals surface area contributed by atoms with Crippen LogP contribution in [0.4, 0.5) is 0 Å². The van der Waals surface area contributed by atoms with Gasteiger partial charge in [0.1, 0.15) is 5.69 Å². The van der Waals surface area contributed by atoms with Crippen LogP contribution in [-0.2, 0) is 0 Å². The molecule has 3 nitrogen and oxygen atoms in total. The summed E-state index contributed by atoms with van der Waals surface area (Å²) in [5, 5.41) is 5.01. The molecular formula is C13H13BrN2OS. The van der Waals surface area contributed by atoms with E-state index >= 15 is 0 Å². The first-order valence-corrected chi connectivity index (χ1v) is 7.33. The van der Waals surface area contributed by atoms with E-state index in [1.807, 2.05) is 23.6 Å². The maximum absolute atomic E-state index is 12.0. The molecule has 0 aliphatic heterocycles. The second kappa shape index (κ2) is 6.11. The minimum Gasteiger partial charge on any atom is -0.343 e. The van der Waals surface area contributed by atoms with Gasteiger partial charge in [0.2, 0.25) is 0 Å². The van der Waals surface area contributed by atoms with Crippen molar-refractivity contribution in [2.24, 2.45) is 0 Å². The van der Waals surface area contributed by atoms with Crippen LogP contribution in [0.3, 0.4) is 0 Å². The van der Waals surface area contributed by atoms with E-state index in [9.17, 15) is 4.79 Å². The van der Waals surface area contributed by atoms with E-state index in [1.54, 1.807) is 23.6 Å². The standard InChI is InChI=1S/C13H13BrN2OS/c1-2-10(12-4-3-7-18-12)16-13(17)11-6-5-9(14)8-15-11/h3-8,10H,2H2,1H3,(H,16,17). The summed E-state index contributed by atoms with van der Waals surface area (Å²) in [6.45, 7) is 2.06. The molecule has 0 spiro atoms.